The second-order valence-corrected chi connectivity index (χ2v) is 6.38. The van der Waals surface area contributed by atoms with Crippen molar-refractivity contribution < 1.29 is 18.7 Å². The van der Waals surface area contributed by atoms with Gasteiger partial charge in [0.1, 0.15) is 0 Å². The summed E-state index contributed by atoms with van der Waals surface area (Å²) in [5.41, 5.74) is -0.846. The standard InChI is InChI=1S/C14H17F2NO2S/c1-2-20-12-5-6-14(12,19)8-17-13(18)9-3-4-10(15)11(16)7-9/h3-4,7,12,19H,2,5-6,8H2,1H3,(H,17,18)/t12-,14-/m1/s1. The molecule has 6 heteroatoms. The van der Waals surface area contributed by atoms with Crippen molar-refractivity contribution in [1.82, 2.24) is 5.32 Å². The van der Waals surface area contributed by atoms with E-state index in [0.717, 1.165) is 24.3 Å². The fourth-order valence-corrected chi connectivity index (χ4v) is 3.41. The highest BCUT2D eigenvalue weighted by molar-refractivity contribution is 8.00. The van der Waals surface area contributed by atoms with Gasteiger partial charge in [-0.2, -0.15) is 11.8 Å². The predicted octanol–water partition coefficient (Wildman–Crippen LogP) is 2.34. The highest BCUT2D eigenvalue weighted by Crippen LogP contribution is 2.40. The van der Waals surface area contributed by atoms with Crippen LogP contribution in [-0.4, -0.2) is 34.2 Å². The van der Waals surface area contributed by atoms with E-state index in [1.165, 1.54) is 6.07 Å². The molecule has 1 aromatic carbocycles. The quantitative estimate of drug-likeness (QED) is 0.877. The molecule has 0 aliphatic heterocycles. The lowest BCUT2D eigenvalue weighted by Gasteiger charge is -2.45. The molecule has 20 heavy (non-hydrogen) atoms. The zero-order valence-electron chi connectivity index (χ0n) is 11.2. The maximum Gasteiger partial charge on any atom is 0.251 e. The molecule has 110 valence electrons. The molecular formula is C14H17F2NO2S. The van der Waals surface area contributed by atoms with E-state index in [9.17, 15) is 18.7 Å². The van der Waals surface area contributed by atoms with Crippen molar-refractivity contribution in [2.75, 3.05) is 12.3 Å². The van der Waals surface area contributed by atoms with E-state index in [4.69, 9.17) is 0 Å². The van der Waals surface area contributed by atoms with Crippen LogP contribution in [0.25, 0.3) is 0 Å². The number of thioether (sulfide) groups is 1. The van der Waals surface area contributed by atoms with Gasteiger partial charge in [-0.3, -0.25) is 4.79 Å². The number of aliphatic hydroxyl groups is 1. The fourth-order valence-electron chi connectivity index (χ4n) is 2.21. The fraction of sp³-hybridized carbons (Fsp3) is 0.500. The molecule has 2 N–H and O–H groups in total. The molecule has 3 nitrogen and oxygen atoms in total. The third-order valence-electron chi connectivity index (χ3n) is 3.54. The first kappa shape index (κ1) is 15.3. The van der Waals surface area contributed by atoms with Crippen LogP contribution in [0.3, 0.4) is 0 Å². The summed E-state index contributed by atoms with van der Waals surface area (Å²) in [5.74, 6) is -1.65. The van der Waals surface area contributed by atoms with Crippen molar-refractivity contribution in [2.24, 2.45) is 0 Å². The zero-order chi connectivity index (χ0) is 14.8. The molecule has 0 aromatic heterocycles. The average molecular weight is 301 g/mol. The van der Waals surface area contributed by atoms with Crippen LogP contribution in [0.15, 0.2) is 18.2 Å². The zero-order valence-corrected chi connectivity index (χ0v) is 12.0. The van der Waals surface area contributed by atoms with Gasteiger partial charge in [0.2, 0.25) is 0 Å². The molecule has 0 radical (unpaired) electrons. The molecule has 0 unspecified atom stereocenters. The summed E-state index contributed by atoms with van der Waals surface area (Å²) in [6.45, 7) is 2.14. The summed E-state index contributed by atoms with van der Waals surface area (Å²) in [6.07, 6.45) is 1.57. The van der Waals surface area contributed by atoms with Crippen LogP contribution >= 0.6 is 11.8 Å². The van der Waals surface area contributed by atoms with Crippen molar-refractivity contribution in [3.8, 4) is 0 Å². The number of rotatable bonds is 5. The highest BCUT2D eigenvalue weighted by atomic mass is 32.2. The number of nitrogens with one attached hydrogen (secondary N) is 1. The monoisotopic (exact) mass is 301 g/mol. The molecule has 1 amide bonds. The lowest BCUT2D eigenvalue weighted by atomic mass is 9.79. The number of carbonyl (C=O) groups is 1. The predicted molar refractivity (Wildman–Crippen MR) is 74.8 cm³/mol. The summed E-state index contributed by atoms with van der Waals surface area (Å²) < 4.78 is 25.8. The van der Waals surface area contributed by atoms with Crippen molar-refractivity contribution in [2.45, 2.75) is 30.6 Å². The van der Waals surface area contributed by atoms with Crippen molar-refractivity contribution in [3.63, 3.8) is 0 Å². The second kappa shape index (κ2) is 6.10. The van der Waals surface area contributed by atoms with E-state index < -0.39 is 23.1 Å². The summed E-state index contributed by atoms with van der Waals surface area (Å²) in [5, 5.41) is 13.0. The first-order valence-electron chi connectivity index (χ1n) is 6.53. The minimum atomic E-state index is -1.06. The number of hydrogen-bond acceptors (Lipinski definition) is 3. The van der Waals surface area contributed by atoms with Crippen molar-refractivity contribution >= 4 is 17.7 Å². The van der Waals surface area contributed by atoms with Crippen LogP contribution in [0, 0.1) is 11.6 Å². The van der Waals surface area contributed by atoms with Gasteiger partial charge in [0.15, 0.2) is 11.6 Å². The Hall–Kier alpha value is -1.14. The van der Waals surface area contributed by atoms with Crippen molar-refractivity contribution in [1.29, 1.82) is 0 Å². The molecule has 0 bridgehead atoms. The molecule has 1 saturated carbocycles. The SMILES string of the molecule is CCS[C@@H]1CC[C@@]1(O)CNC(=O)c1ccc(F)c(F)c1. The van der Waals surface area contributed by atoms with Gasteiger partial charge in [0, 0.05) is 17.4 Å². The Morgan fingerprint density at radius 2 is 2.25 bits per heavy atom. The molecule has 1 aliphatic rings. The maximum atomic E-state index is 13.0. The summed E-state index contributed by atoms with van der Waals surface area (Å²) >= 11 is 1.67. The van der Waals surface area contributed by atoms with Gasteiger partial charge in [-0.1, -0.05) is 6.92 Å². The number of benzene rings is 1. The molecule has 1 aliphatic carbocycles. The largest absolute Gasteiger partial charge is 0.387 e. The van der Waals surface area contributed by atoms with Gasteiger partial charge in [0.05, 0.1) is 5.60 Å². The molecule has 0 spiro atoms. The molecule has 1 aromatic rings. The Bertz CT molecular complexity index is 512. The van der Waals surface area contributed by atoms with E-state index in [1.807, 2.05) is 6.92 Å². The van der Waals surface area contributed by atoms with Crippen LogP contribution in [-0.2, 0) is 0 Å². The van der Waals surface area contributed by atoms with Gasteiger partial charge in [-0.05, 0) is 36.8 Å². The smallest absolute Gasteiger partial charge is 0.251 e. The van der Waals surface area contributed by atoms with E-state index in [1.54, 1.807) is 11.8 Å². The Kier molecular flexibility index (Phi) is 4.65. The van der Waals surface area contributed by atoms with Crippen molar-refractivity contribution in [3.05, 3.63) is 35.4 Å². The lowest BCUT2D eigenvalue weighted by Crippen LogP contribution is -2.57. The summed E-state index contributed by atoms with van der Waals surface area (Å²) in [4.78, 5) is 11.8. The lowest BCUT2D eigenvalue weighted by molar-refractivity contribution is -0.0221. The van der Waals surface area contributed by atoms with E-state index in [-0.39, 0.29) is 17.4 Å². The maximum absolute atomic E-state index is 13.0. The first-order chi connectivity index (χ1) is 9.46. The van der Waals surface area contributed by atoms with Crippen LogP contribution in [0.4, 0.5) is 8.78 Å². The van der Waals surface area contributed by atoms with Crippen LogP contribution < -0.4 is 5.32 Å². The van der Waals surface area contributed by atoms with Crippen LogP contribution in [0.5, 0.6) is 0 Å². The summed E-state index contributed by atoms with van der Waals surface area (Å²) in [6, 6.07) is 2.99. The molecular weight excluding hydrogens is 284 g/mol. The third-order valence-corrected chi connectivity index (χ3v) is 4.95. The molecule has 1 fully saturated rings. The minimum Gasteiger partial charge on any atom is -0.387 e. The molecule has 2 rings (SSSR count). The van der Waals surface area contributed by atoms with Crippen LogP contribution in [0.1, 0.15) is 30.1 Å². The number of carbonyl (C=O) groups excluding carboxylic acids is 1. The Labute approximate surface area is 120 Å². The second-order valence-electron chi connectivity index (χ2n) is 4.90. The van der Waals surface area contributed by atoms with Gasteiger partial charge >= 0.3 is 0 Å². The van der Waals surface area contributed by atoms with E-state index >= 15 is 0 Å². The number of halogens is 2. The normalized spacial score (nSPS) is 25.1. The van der Waals surface area contributed by atoms with Gasteiger partial charge in [-0.25, -0.2) is 8.78 Å². The number of hydrogen-bond donors (Lipinski definition) is 2. The average Bonchev–Trinajstić information content (AvgIpc) is 2.43. The molecule has 2 atom stereocenters. The highest BCUT2D eigenvalue weighted by Gasteiger charge is 2.45. The summed E-state index contributed by atoms with van der Waals surface area (Å²) in [7, 11) is 0. The Morgan fingerprint density at radius 3 is 2.80 bits per heavy atom. The van der Waals surface area contributed by atoms with E-state index in [2.05, 4.69) is 5.32 Å². The molecule has 0 heterocycles. The van der Waals surface area contributed by atoms with Gasteiger partial charge in [0.25, 0.3) is 5.91 Å². The van der Waals surface area contributed by atoms with Crippen LogP contribution in [0.2, 0.25) is 0 Å². The third kappa shape index (κ3) is 3.12. The number of amides is 1. The first-order valence-corrected chi connectivity index (χ1v) is 7.58. The van der Waals surface area contributed by atoms with Gasteiger partial charge < -0.3 is 10.4 Å². The Morgan fingerprint density at radius 1 is 1.50 bits per heavy atom. The topological polar surface area (TPSA) is 49.3 Å². The van der Waals surface area contributed by atoms with E-state index in [0.29, 0.717) is 6.42 Å². The Balaban J connectivity index is 1.93. The molecule has 0 saturated heterocycles. The van der Waals surface area contributed by atoms with Gasteiger partial charge in [-0.15, -0.1) is 0 Å². The minimum absolute atomic E-state index is 0.0477.